The van der Waals surface area contributed by atoms with Crippen LogP contribution in [0.3, 0.4) is 0 Å². The number of nitrogens with zero attached hydrogens (tertiary/aromatic N) is 2. The summed E-state index contributed by atoms with van der Waals surface area (Å²) in [6.07, 6.45) is 0. The van der Waals surface area contributed by atoms with Gasteiger partial charge in [-0.3, -0.25) is 9.59 Å². The number of piperazine rings is 1. The first kappa shape index (κ1) is 18.3. The Morgan fingerprint density at radius 3 is 2.00 bits per heavy atom. The summed E-state index contributed by atoms with van der Waals surface area (Å²) in [5.74, 6) is 0.897. The minimum atomic E-state index is -0.377. The van der Waals surface area contributed by atoms with Crippen LogP contribution in [0, 0.1) is 19.3 Å². The standard InChI is InChI=1S/C19H28N2O3/c1-14-7-6-8-15(2)17(14)24-13-16(22)20-9-11-21(12-10-20)18(23)19(3,4)5/h6-8H,9-13H2,1-5H3. The third kappa shape index (κ3) is 4.28. The van der Waals surface area contributed by atoms with Gasteiger partial charge in [0.15, 0.2) is 6.61 Å². The summed E-state index contributed by atoms with van der Waals surface area (Å²) in [4.78, 5) is 28.3. The Balaban J connectivity index is 1.86. The first-order chi connectivity index (χ1) is 11.2. The van der Waals surface area contributed by atoms with E-state index in [-0.39, 0.29) is 23.8 Å². The van der Waals surface area contributed by atoms with Gasteiger partial charge in [0.25, 0.3) is 5.91 Å². The second kappa shape index (κ2) is 7.24. The molecule has 1 fully saturated rings. The van der Waals surface area contributed by atoms with Gasteiger partial charge in [-0.2, -0.15) is 0 Å². The van der Waals surface area contributed by atoms with Crippen molar-refractivity contribution < 1.29 is 14.3 Å². The van der Waals surface area contributed by atoms with Crippen molar-refractivity contribution in [3.63, 3.8) is 0 Å². The highest BCUT2D eigenvalue weighted by atomic mass is 16.5. The lowest BCUT2D eigenvalue weighted by atomic mass is 9.94. The molecule has 1 aromatic rings. The topological polar surface area (TPSA) is 49.9 Å². The number of ether oxygens (including phenoxy) is 1. The van der Waals surface area contributed by atoms with E-state index < -0.39 is 0 Å². The molecule has 0 atom stereocenters. The summed E-state index contributed by atoms with van der Waals surface area (Å²) < 4.78 is 5.74. The lowest BCUT2D eigenvalue weighted by molar-refractivity contribution is -0.145. The molecule has 0 saturated carbocycles. The SMILES string of the molecule is Cc1cccc(C)c1OCC(=O)N1CCN(C(=O)C(C)(C)C)CC1. The van der Waals surface area contributed by atoms with Crippen molar-refractivity contribution in [1.82, 2.24) is 9.80 Å². The van der Waals surface area contributed by atoms with Crippen molar-refractivity contribution in [2.24, 2.45) is 5.41 Å². The summed E-state index contributed by atoms with van der Waals surface area (Å²) in [6.45, 7) is 12.1. The van der Waals surface area contributed by atoms with E-state index in [2.05, 4.69) is 0 Å². The molecule has 5 nitrogen and oxygen atoms in total. The summed E-state index contributed by atoms with van der Waals surface area (Å²) >= 11 is 0. The van der Waals surface area contributed by atoms with Crippen LogP contribution in [-0.2, 0) is 9.59 Å². The van der Waals surface area contributed by atoms with E-state index in [0.29, 0.717) is 26.2 Å². The van der Waals surface area contributed by atoms with E-state index in [0.717, 1.165) is 16.9 Å². The molecule has 0 unspecified atom stereocenters. The Morgan fingerprint density at radius 2 is 1.50 bits per heavy atom. The predicted molar refractivity (Wildman–Crippen MR) is 94.0 cm³/mol. The Morgan fingerprint density at radius 1 is 1.00 bits per heavy atom. The monoisotopic (exact) mass is 332 g/mol. The van der Waals surface area contributed by atoms with Crippen molar-refractivity contribution in [2.75, 3.05) is 32.8 Å². The number of hydrogen-bond donors (Lipinski definition) is 0. The van der Waals surface area contributed by atoms with Crippen LogP contribution in [-0.4, -0.2) is 54.4 Å². The smallest absolute Gasteiger partial charge is 0.260 e. The van der Waals surface area contributed by atoms with Gasteiger partial charge in [0, 0.05) is 31.6 Å². The normalized spacial score (nSPS) is 15.4. The van der Waals surface area contributed by atoms with Crippen LogP contribution in [0.2, 0.25) is 0 Å². The third-order valence-corrected chi connectivity index (χ3v) is 4.31. The Kier molecular flexibility index (Phi) is 5.52. The lowest BCUT2D eigenvalue weighted by Crippen LogP contribution is -2.53. The van der Waals surface area contributed by atoms with Crippen LogP contribution in [0.1, 0.15) is 31.9 Å². The average molecular weight is 332 g/mol. The second-order valence-corrected chi connectivity index (χ2v) is 7.43. The molecule has 1 aliphatic heterocycles. The van der Waals surface area contributed by atoms with E-state index in [1.807, 2.05) is 57.7 Å². The summed E-state index contributed by atoms with van der Waals surface area (Å²) in [6, 6.07) is 5.93. The van der Waals surface area contributed by atoms with Gasteiger partial charge < -0.3 is 14.5 Å². The number of rotatable bonds is 3. The van der Waals surface area contributed by atoms with Crippen molar-refractivity contribution in [3.8, 4) is 5.75 Å². The van der Waals surface area contributed by atoms with Gasteiger partial charge >= 0.3 is 0 Å². The largest absolute Gasteiger partial charge is 0.483 e. The summed E-state index contributed by atoms with van der Waals surface area (Å²) in [5, 5.41) is 0. The van der Waals surface area contributed by atoms with Gasteiger partial charge in [-0.1, -0.05) is 39.0 Å². The lowest BCUT2D eigenvalue weighted by Gasteiger charge is -2.37. The van der Waals surface area contributed by atoms with E-state index in [4.69, 9.17) is 4.74 Å². The molecule has 1 heterocycles. The Labute approximate surface area is 144 Å². The summed E-state index contributed by atoms with van der Waals surface area (Å²) in [7, 11) is 0. The quantitative estimate of drug-likeness (QED) is 0.854. The zero-order valence-electron chi connectivity index (χ0n) is 15.4. The van der Waals surface area contributed by atoms with Gasteiger partial charge in [0.2, 0.25) is 5.91 Å². The predicted octanol–water partition coefficient (Wildman–Crippen LogP) is 2.40. The zero-order chi connectivity index (χ0) is 17.9. The summed E-state index contributed by atoms with van der Waals surface area (Å²) in [5.41, 5.74) is 1.68. The zero-order valence-corrected chi connectivity index (χ0v) is 15.4. The van der Waals surface area contributed by atoms with Crippen LogP contribution in [0.15, 0.2) is 18.2 Å². The van der Waals surface area contributed by atoms with Crippen molar-refractivity contribution >= 4 is 11.8 Å². The molecule has 0 aliphatic carbocycles. The van der Waals surface area contributed by atoms with Gasteiger partial charge in [-0.25, -0.2) is 0 Å². The maximum absolute atomic E-state index is 12.4. The van der Waals surface area contributed by atoms with E-state index in [1.54, 1.807) is 4.90 Å². The maximum Gasteiger partial charge on any atom is 0.260 e. The molecule has 1 aliphatic rings. The molecule has 0 N–H and O–H groups in total. The molecule has 5 heteroatoms. The van der Waals surface area contributed by atoms with Gasteiger partial charge in [0.1, 0.15) is 5.75 Å². The molecule has 132 valence electrons. The highest BCUT2D eigenvalue weighted by Gasteiger charge is 2.30. The molecule has 2 amide bonds. The van der Waals surface area contributed by atoms with Crippen LogP contribution in [0.5, 0.6) is 5.75 Å². The number of amides is 2. The van der Waals surface area contributed by atoms with Gasteiger partial charge in [-0.15, -0.1) is 0 Å². The highest BCUT2D eigenvalue weighted by molar-refractivity contribution is 5.82. The molecule has 1 saturated heterocycles. The van der Waals surface area contributed by atoms with Crippen LogP contribution in [0.4, 0.5) is 0 Å². The number of aryl methyl sites for hydroxylation is 2. The number of para-hydroxylation sites is 1. The fourth-order valence-corrected chi connectivity index (χ4v) is 2.89. The fraction of sp³-hybridized carbons (Fsp3) is 0.579. The van der Waals surface area contributed by atoms with Crippen LogP contribution in [0.25, 0.3) is 0 Å². The van der Waals surface area contributed by atoms with E-state index >= 15 is 0 Å². The molecule has 24 heavy (non-hydrogen) atoms. The van der Waals surface area contributed by atoms with Gasteiger partial charge in [0.05, 0.1) is 0 Å². The van der Waals surface area contributed by atoms with Crippen molar-refractivity contribution in [3.05, 3.63) is 29.3 Å². The van der Waals surface area contributed by atoms with E-state index in [9.17, 15) is 9.59 Å². The molecule has 0 spiro atoms. The van der Waals surface area contributed by atoms with Gasteiger partial charge in [-0.05, 0) is 25.0 Å². The molecular formula is C19H28N2O3. The first-order valence-electron chi connectivity index (χ1n) is 8.46. The van der Waals surface area contributed by atoms with Crippen molar-refractivity contribution in [1.29, 1.82) is 0 Å². The molecule has 0 bridgehead atoms. The molecule has 0 aromatic heterocycles. The molecule has 0 radical (unpaired) electrons. The fourth-order valence-electron chi connectivity index (χ4n) is 2.89. The van der Waals surface area contributed by atoms with E-state index in [1.165, 1.54) is 0 Å². The maximum atomic E-state index is 12.4. The second-order valence-electron chi connectivity index (χ2n) is 7.43. The Hall–Kier alpha value is -2.04. The third-order valence-electron chi connectivity index (χ3n) is 4.31. The molecule has 1 aromatic carbocycles. The van der Waals surface area contributed by atoms with Crippen LogP contribution < -0.4 is 4.74 Å². The number of hydrogen-bond acceptors (Lipinski definition) is 3. The highest BCUT2D eigenvalue weighted by Crippen LogP contribution is 2.22. The average Bonchev–Trinajstić information content (AvgIpc) is 2.52. The first-order valence-corrected chi connectivity index (χ1v) is 8.46. The number of carbonyl (C=O) groups is 2. The van der Waals surface area contributed by atoms with Crippen LogP contribution >= 0.6 is 0 Å². The van der Waals surface area contributed by atoms with Crippen molar-refractivity contribution in [2.45, 2.75) is 34.6 Å². The number of carbonyl (C=O) groups excluding carboxylic acids is 2. The molecule has 2 rings (SSSR count). The Bertz CT molecular complexity index is 591. The number of benzene rings is 1. The minimum absolute atomic E-state index is 0.0273. The minimum Gasteiger partial charge on any atom is -0.483 e. The molecular weight excluding hydrogens is 304 g/mol.